The topological polar surface area (TPSA) is 85.3 Å². The fourth-order valence-corrected chi connectivity index (χ4v) is 4.52. The molecular formula is C17H20F3N5O2S2. The lowest BCUT2D eigenvalue weighted by Crippen LogP contribution is -2.39. The Hall–Kier alpha value is -2.08. The van der Waals surface area contributed by atoms with E-state index in [9.17, 15) is 23.1 Å². The summed E-state index contributed by atoms with van der Waals surface area (Å²) in [6.45, 7) is 1.69. The van der Waals surface area contributed by atoms with Crippen molar-refractivity contribution in [2.24, 2.45) is 0 Å². The van der Waals surface area contributed by atoms with E-state index in [2.05, 4.69) is 15.0 Å². The van der Waals surface area contributed by atoms with Crippen LogP contribution in [0.2, 0.25) is 0 Å². The highest BCUT2D eigenvalue weighted by Gasteiger charge is 2.35. The quantitative estimate of drug-likeness (QED) is 0.648. The summed E-state index contributed by atoms with van der Waals surface area (Å²) < 4.78 is 38.8. The number of thioether (sulfide) groups is 2. The Kier molecular flexibility index (Phi) is 6.83. The fourth-order valence-electron chi connectivity index (χ4n) is 2.82. The first kappa shape index (κ1) is 21.6. The Bertz CT molecular complexity index is 856. The van der Waals surface area contributed by atoms with E-state index < -0.39 is 18.8 Å². The van der Waals surface area contributed by atoms with Gasteiger partial charge in [0.2, 0.25) is 0 Å². The van der Waals surface area contributed by atoms with Crippen molar-refractivity contribution in [1.82, 2.24) is 15.0 Å². The van der Waals surface area contributed by atoms with Gasteiger partial charge in [0.1, 0.15) is 18.2 Å². The number of anilines is 2. The zero-order valence-corrected chi connectivity index (χ0v) is 17.2. The predicted molar refractivity (Wildman–Crippen MR) is 108 cm³/mol. The number of hydrogen-bond donors (Lipinski definition) is 2. The van der Waals surface area contributed by atoms with Crippen LogP contribution >= 0.6 is 23.5 Å². The summed E-state index contributed by atoms with van der Waals surface area (Å²) in [7, 11) is 0. The molecule has 0 radical (unpaired) electrons. The number of nitrogens with zero attached hydrogens (tertiary/aromatic N) is 4. The molecule has 2 aromatic heterocycles. The number of carboxylic acid groups (broad SMARTS) is 1. The molecule has 0 aliphatic carbocycles. The standard InChI is InChI=1S/C17H20F3N5O2S2/c1-11-21-8-15(22-11)29-9-12-6-13(24-2-4-28-5-3-24)7-14(23-12)25(16(26)27)10-17(18,19)20/h6-8H,2-5,9-10H2,1H3,(H,21,22)(H,26,27). The second-order valence-corrected chi connectivity index (χ2v) is 8.62. The Balaban J connectivity index is 1.91. The van der Waals surface area contributed by atoms with Crippen molar-refractivity contribution >= 4 is 41.1 Å². The zero-order chi connectivity index (χ0) is 21.0. The molecule has 158 valence electrons. The van der Waals surface area contributed by atoms with Gasteiger partial charge in [0.05, 0.1) is 16.9 Å². The summed E-state index contributed by atoms with van der Waals surface area (Å²) in [4.78, 5) is 25.2. The number of rotatable bonds is 6. The predicted octanol–water partition coefficient (Wildman–Crippen LogP) is 4.01. The number of hydrogen-bond acceptors (Lipinski definition) is 6. The second kappa shape index (κ2) is 9.16. The Labute approximate surface area is 174 Å². The SMILES string of the molecule is Cc1ncc(SCc2cc(N3CCSCC3)cc(N(CC(F)(F)F)C(=O)O)n2)[nH]1. The molecule has 0 unspecified atom stereocenters. The molecule has 0 bridgehead atoms. The van der Waals surface area contributed by atoms with Gasteiger partial charge in [-0.05, 0) is 13.0 Å². The third-order valence-electron chi connectivity index (χ3n) is 4.13. The van der Waals surface area contributed by atoms with Crippen molar-refractivity contribution in [3.63, 3.8) is 0 Å². The van der Waals surface area contributed by atoms with Gasteiger partial charge in [-0.25, -0.2) is 14.8 Å². The van der Waals surface area contributed by atoms with E-state index in [1.807, 2.05) is 17.9 Å². The summed E-state index contributed by atoms with van der Waals surface area (Å²) >= 11 is 3.21. The van der Waals surface area contributed by atoms with Crippen molar-refractivity contribution in [1.29, 1.82) is 0 Å². The Morgan fingerprint density at radius 3 is 2.69 bits per heavy atom. The lowest BCUT2D eigenvalue weighted by Gasteiger charge is -2.30. The number of nitrogens with one attached hydrogen (secondary N) is 1. The molecule has 3 heterocycles. The van der Waals surface area contributed by atoms with Crippen LogP contribution in [0.4, 0.5) is 29.5 Å². The van der Waals surface area contributed by atoms with Crippen LogP contribution in [0, 0.1) is 6.92 Å². The number of aromatic nitrogens is 3. The van der Waals surface area contributed by atoms with Gasteiger partial charge in [0, 0.05) is 42.1 Å². The monoisotopic (exact) mass is 447 g/mol. The highest BCUT2D eigenvalue weighted by atomic mass is 32.2. The number of aryl methyl sites for hydroxylation is 1. The van der Waals surface area contributed by atoms with Crippen LogP contribution in [0.25, 0.3) is 0 Å². The lowest BCUT2D eigenvalue weighted by molar-refractivity contribution is -0.119. The third kappa shape index (κ3) is 6.20. The van der Waals surface area contributed by atoms with E-state index in [1.54, 1.807) is 18.0 Å². The Morgan fingerprint density at radius 2 is 2.10 bits per heavy atom. The molecule has 1 fully saturated rings. The van der Waals surface area contributed by atoms with Crippen LogP contribution in [-0.4, -0.2) is 63.5 Å². The molecule has 2 N–H and O–H groups in total. The first-order valence-electron chi connectivity index (χ1n) is 8.76. The molecular weight excluding hydrogens is 427 g/mol. The first-order chi connectivity index (χ1) is 13.7. The van der Waals surface area contributed by atoms with Gasteiger partial charge in [-0.2, -0.15) is 24.9 Å². The van der Waals surface area contributed by atoms with E-state index in [0.29, 0.717) is 17.1 Å². The van der Waals surface area contributed by atoms with Gasteiger partial charge in [0.15, 0.2) is 0 Å². The minimum absolute atomic E-state index is 0.220. The van der Waals surface area contributed by atoms with Crippen LogP contribution in [0.3, 0.4) is 0 Å². The van der Waals surface area contributed by atoms with Gasteiger partial charge in [-0.1, -0.05) is 0 Å². The van der Waals surface area contributed by atoms with Crippen molar-refractivity contribution < 1.29 is 23.1 Å². The second-order valence-electron chi connectivity index (χ2n) is 6.38. The first-order valence-corrected chi connectivity index (χ1v) is 10.9. The molecule has 2 aromatic rings. The van der Waals surface area contributed by atoms with Crippen LogP contribution in [0.15, 0.2) is 23.4 Å². The molecule has 29 heavy (non-hydrogen) atoms. The van der Waals surface area contributed by atoms with Crippen LogP contribution < -0.4 is 9.80 Å². The number of aromatic amines is 1. The van der Waals surface area contributed by atoms with E-state index in [4.69, 9.17) is 0 Å². The van der Waals surface area contributed by atoms with E-state index in [-0.39, 0.29) is 10.7 Å². The smallest absolute Gasteiger partial charge is 0.413 e. The van der Waals surface area contributed by atoms with Gasteiger partial charge >= 0.3 is 12.3 Å². The van der Waals surface area contributed by atoms with Crippen LogP contribution in [-0.2, 0) is 5.75 Å². The minimum Gasteiger partial charge on any atom is -0.465 e. The van der Waals surface area contributed by atoms with E-state index in [0.717, 1.165) is 35.4 Å². The van der Waals surface area contributed by atoms with E-state index in [1.165, 1.54) is 17.8 Å². The number of halogens is 3. The maximum Gasteiger partial charge on any atom is 0.413 e. The summed E-state index contributed by atoms with van der Waals surface area (Å²) in [5.41, 5.74) is 1.18. The maximum atomic E-state index is 12.9. The highest BCUT2D eigenvalue weighted by Crippen LogP contribution is 2.29. The molecule has 1 aliphatic rings. The molecule has 0 aromatic carbocycles. The number of pyridine rings is 1. The van der Waals surface area contributed by atoms with Gasteiger partial charge in [0.25, 0.3) is 0 Å². The van der Waals surface area contributed by atoms with Crippen molar-refractivity contribution in [3.8, 4) is 0 Å². The molecule has 1 amide bonds. The van der Waals surface area contributed by atoms with E-state index >= 15 is 0 Å². The van der Waals surface area contributed by atoms with Crippen LogP contribution in [0.5, 0.6) is 0 Å². The van der Waals surface area contributed by atoms with Gasteiger partial charge in [-0.3, -0.25) is 4.90 Å². The zero-order valence-electron chi connectivity index (χ0n) is 15.6. The summed E-state index contributed by atoms with van der Waals surface area (Å²) in [6.07, 6.45) is -4.69. The average molecular weight is 448 g/mol. The molecule has 3 rings (SSSR count). The average Bonchev–Trinajstić information content (AvgIpc) is 3.09. The van der Waals surface area contributed by atoms with Crippen LogP contribution in [0.1, 0.15) is 11.5 Å². The molecule has 1 saturated heterocycles. The van der Waals surface area contributed by atoms with Crippen molar-refractivity contribution in [2.75, 3.05) is 40.9 Å². The third-order valence-corrected chi connectivity index (χ3v) is 6.03. The fraction of sp³-hybridized carbons (Fsp3) is 0.471. The molecule has 1 aliphatic heterocycles. The van der Waals surface area contributed by atoms with Gasteiger partial charge < -0.3 is 15.0 Å². The normalized spacial score (nSPS) is 14.8. The number of amides is 1. The maximum absolute atomic E-state index is 12.9. The largest absolute Gasteiger partial charge is 0.465 e. The number of alkyl halides is 3. The number of H-pyrrole nitrogens is 1. The lowest BCUT2D eigenvalue weighted by atomic mass is 10.2. The molecule has 12 heteroatoms. The summed E-state index contributed by atoms with van der Waals surface area (Å²) in [5, 5.41) is 10.1. The minimum atomic E-state index is -4.67. The highest BCUT2D eigenvalue weighted by molar-refractivity contribution is 7.99. The summed E-state index contributed by atoms with van der Waals surface area (Å²) in [5.74, 6) is 2.70. The molecule has 7 nitrogen and oxygen atoms in total. The molecule has 0 saturated carbocycles. The van der Waals surface area contributed by atoms with Crippen molar-refractivity contribution in [2.45, 2.75) is 23.9 Å². The van der Waals surface area contributed by atoms with Gasteiger partial charge in [-0.15, -0.1) is 11.8 Å². The Morgan fingerprint density at radius 1 is 1.38 bits per heavy atom. The van der Waals surface area contributed by atoms with Crippen molar-refractivity contribution in [3.05, 3.63) is 29.8 Å². The number of imidazole rings is 1. The number of carbonyl (C=O) groups is 1. The summed E-state index contributed by atoms with van der Waals surface area (Å²) in [6, 6.07) is 3.23. The molecule has 0 spiro atoms. The molecule has 0 atom stereocenters.